The van der Waals surface area contributed by atoms with Crippen LogP contribution < -0.4 is 10.6 Å². The normalized spacial score (nSPS) is 10.4. The number of rotatable bonds is 8. The Balaban J connectivity index is 1.57. The van der Waals surface area contributed by atoms with Gasteiger partial charge in [0.1, 0.15) is 12.2 Å². The first kappa shape index (κ1) is 23.4. The lowest BCUT2D eigenvalue weighted by molar-refractivity contribution is -0.139. The number of nitrogens with one attached hydrogen (secondary N) is 2. The highest BCUT2D eigenvalue weighted by Gasteiger charge is 2.19. The van der Waals surface area contributed by atoms with Crippen molar-refractivity contribution in [3.63, 3.8) is 0 Å². The average Bonchev–Trinajstić information content (AvgIpc) is 3.32. The minimum Gasteiger partial charge on any atom is -0.468 e. The number of anilines is 1. The lowest BCUT2D eigenvalue weighted by Gasteiger charge is -2.08. The van der Waals surface area contributed by atoms with E-state index in [0.29, 0.717) is 29.1 Å². The number of ether oxygens (including phenoxy) is 1. The molecule has 0 fully saturated rings. The summed E-state index contributed by atoms with van der Waals surface area (Å²) in [6, 6.07) is 25.8. The van der Waals surface area contributed by atoms with E-state index in [1.165, 1.54) is 7.11 Å². The van der Waals surface area contributed by atoms with Crippen LogP contribution in [0.3, 0.4) is 0 Å². The first-order chi connectivity index (χ1) is 17.0. The third-order valence-corrected chi connectivity index (χ3v) is 5.24. The molecule has 0 bridgehead atoms. The summed E-state index contributed by atoms with van der Waals surface area (Å²) < 4.78 is 6.27. The van der Waals surface area contributed by atoms with Crippen LogP contribution in [-0.2, 0) is 16.1 Å². The summed E-state index contributed by atoms with van der Waals surface area (Å²) in [6.07, 6.45) is 1.72. The number of carbonyl (C=O) groups is 3. The molecule has 1 aromatic heterocycles. The highest BCUT2D eigenvalue weighted by atomic mass is 16.5. The first-order valence-electron chi connectivity index (χ1n) is 11.0. The largest absolute Gasteiger partial charge is 0.468 e. The molecule has 2 amide bonds. The van der Waals surface area contributed by atoms with Gasteiger partial charge in [-0.05, 0) is 23.8 Å². The van der Waals surface area contributed by atoms with Crippen molar-refractivity contribution in [3.05, 3.63) is 108 Å². The molecule has 1 heterocycles. The average molecular weight is 469 g/mol. The number of aromatic nitrogens is 2. The molecule has 4 rings (SSSR count). The predicted molar refractivity (Wildman–Crippen MR) is 132 cm³/mol. The lowest BCUT2D eigenvalue weighted by atomic mass is 10.1. The van der Waals surface area contributed by atoms with Crippen molar-refractivity contribution in [1.29, 1.82) is 0 Å². The van der Waals surface area contributed by atoms with E-state index in [1.54, 1.807) is 35.1 Å². The Labute approximate surface area is 202 Å². The van der Waals surface area contributed by atoms with Crippen LogP contribution >= 0.6 is 0 Å². The van der Waals surface area contributed by atoms with Gasteiger partial charge in [-0.2, -0.15) is 5.10 Å². The summed E-state index contributed by atoms with van der Waals surface area (Å²) in [5.41, 5.74) is 3.59. The zero-order chi connectivity index (χ0) is 24.6. The highest BCUT2D eigenvalue weighted by molar-refractivity contribution is 6.08. The van der Waals surface area contributed by atoms with Gasteiger partial charge in [-0.3, -0.25) is 19.1 Å². The van der Waals surface area contributed by atoms with Crippen LogP contribution in [0.5, 0.6) is 0 Å². The Bertz CT molecular complexity index is 1330. The quantitative estimate of drug-likeness (QED) is 0.384. The Morgan fingerprint density at radius 1 is 0.886 bits per heavy atom. The molecule has 0 saturated heterocycles. The van der Waals surface area contributed by atoms with E-state index in [4.69, 9.17) is 0 Å². The lowest BCUT2D eigenvalue weighted by Crippen LogP contribution is -2.30. The van der Waals surface area contributed by atoms with Crippen LogP contribution in [-0.4, -0.2) is 41.2 Å². The maximum absolute atomic E-state index is 13.3. The maximum atomic E-state index is 13.3. The fraction of sp³-hybridized carbons (Fsp3) is 0.111. The summed E-state index contributed by atoms with van der Waals surface area (Å²) in [7, 11) is 1.25. The minimum absolute atomic E-state index is 0.243. The Morgan fingerprint density at radius 3 is 2.31 bits per heavy atom. The number of esters is 1. The molecule has 8 heteroatoms. The van der Waals surface area contributed by atoms with Crippen LogP contribution in [0.2, 0.25) is 0 Å². The molecular formula is C27H24N4O4. The van der Waals surface area contributed by atoms with Crippen molar-refractivity contribution in [1.82, 2.24) is 15.1 Å². The van der Waals surface area contributed by atoms with Gasteiger partial charge in [-0.15, -0.1) is 0 Å². The highest BCUT2D eigenvalue weighted by Crippen LogP contribution is 2.24. The fourth-order valence-electron chi connectivity index (χ4n) is 3.51. The third-order valence-electron chi connectivity index (χ3n) is 5.24. The van der Waals surface area contributed by atoms with Gasteiger partial charge in [-0.25, -0.2) is 0 Å². The third kappa shape index (κ3) is 6.00. The number of methoxy groups -OCH3 is 1. The fourth-order valence-corrected chi connectivity index (χ4v) is 3.51. The van der Waals surface area contributed by atoms with E-state index in [9.17, 15) is 14.4 Å². The van der Waals surface area contributed by atoms with Gasteiger partial charge in [-0.1, -0.05) is 66.7 Å². The molecule has 0 radical (unpaired) electrons. The first-order valence-corrected chi connectivity index (χ1v) is 11.0. The van der Waals surface area contributed by atoms with Gasteiger partial charge < -0.3 is 15.4 Å². The van der Waals surface area contributed by atoms with Crippen molar-refractivity contribution in [2.45, 2.75) is 6.54 Å². The number of hydrogen-bond donors (Lipinski definition) is 2. The van der Waals surface area contributed by atoms with Crippen molar-refractivity contribution >= 4 is 23.5 Å². The Morgan fingerprint density at radius 2 is 1.60 bits per heavy atom. The van der Waals surface area contributed by atoms with E-state index < -0.39 is 11.9 Å². The van der Waals surface area contributed by atoms with Crippen molar-refractivity contribution in [2.75, 3.05) is 19.0 Å². The van der Waals surface area contributed by atoms with Crippen molar-refractivity contribution in [3.8, 4) is 11.3 Å². The van der Waals surface area contributed by atoms with E-state index in [-0.39, 0.29) is 12.5 Å². The molecule has 0 aliphatic heterocycles. The molecule has 0 atom stereocenters. The molecule has 3 aromatic carbocycles. The molecule has 0 unspecified atom stereocenters. The summed E-state index contributed by atoms with van der Waals surface area (Å²) in [5, 5.41) is 10.0. The van der Waals surface area contributed by atoms with Crippen LogP contribution in [0.4, 0.5) is 5.69 Å². The minimum atomic E-state index is -0.552. The molecule has 0 spiro atoms. The van der Waals surface area contributed by atoms with Crippen molar-refractivity contribution in [2.24, 2.45) is 0 Å². The molecule has 4 aromatic rings. The van der Waals surface area contributed by atoms with Crippen LogP contribution in [0.1, 0.15) is 26.3 Å². The van der Waals surface area contributed by atoms with Gasteiger partial charge in [0.2, 0.25) is 0 Å². The summed E-state index contributed by atoms with van der Waals surface area (Å²) in [6.45, 7) is 0.275. The van der Waals surface area contributed by atoms with Gasteiger partial charge in [0.05, 0.1) is 19.2 Å². The van der Waals surface area contributed by atoms with Gasteiger partial charge >= 0.3 is 5.97 Å². The molecule has 0 saturated carbocycles. The molecule has 0 aliphatic rings. The summed E-state index contributed by atoms with van der Waals surface area (Å²) in [5.74, 6) is -1.36. The van der Waals surface area contributed by atoms with Crippen molar-refractivity contribution < 1.29 is 19.1 Å². The molecule has 2 N–H and O–H groups in total. The second-order valence-electron chi connectivity index (χ2n) is 7.73. The smallest absolute Gasteiger partial charge is 0.325 e. The summed E-state index contributed by atoms with van der Waals surface area (Å²) >= 11 is 0. The predicted octanol–water partition coefficient (Wildman–Crippen LogP) is 3.75. The van der Waals surface area contributed by atoms with Crippen LogP contribution in [0.15, 0.2) is 91.1 Å². The maximum Gasteiger partial charge on any atom is 0.325 e. The number of carbonyl (C=O) groups excluding carboxylic acids is 3. The number of hydrogen-bond acceptors (Lipinski definition) is 5. The zero-order valence-corrected chi connectivity index (χ0v) is 19.1. The van der Waals surface area contributed by atoms with Crippen LogP contribution in [0.25, 0.3) is 11.3 Å². The number of nitrogens with zero attached hydrogens (tertiary/aromatic N) is 2. The topological polar surface area (TPSA) is 102 Å². The number of amides is 2. The zero-order valence-electron chi connectivity index (χ0n) is 19.1. The SMILES string of the molecule is COC(=O)CNC(=O)c1cccc(NC(=O)c2cn(Cc3ccccc3)nc2-c2ccccc2)c1. The number of benzene rings is 3. The Hall–Kier alpha value is -4.72. The molecule has 176 valence electrons. The van der Waals surface area contributed by atoms with E-state index >= 15 is 0 Å². The second-order valence-corrected chi connectivity index (χ2v) is 7.73. The Kier molecular flexibility index (Phi) is 7.32. The molecule has 35 heavy (non-hydrogen) atoms. The van der Waals surface area contributed by atoms with Gasteiger partial charge in [0.15, 0.2) is 0 Å². The molecular weight excluding hydrogens is 444 g/mol. The van der Waals surface area contributed by atoms with Gasteiger partial charge in [0.25, 0.3) is 11.8 Å². The second kappa shape index (κ2) is 10.9. The van der Waals surface area contributed by atoms with E-state index in [2.05, 4.69) is 20.5 Å². The van der Waals surface area contributed by atoms with Gasteiger partial charge in [0, 0.05) is 23.0 Å². The standard InChI is InChI=1S/C27H24N4O4/c1-35-24(32)16-28-26(33)21-13-8-14-22(15-21)29-27(34)23-18-31(17-19-9-4-2-5-10-19)30-25(23)20-11-6-3-7-12-20/h2-15,18H,16-17H2,1H3,(H,28,33)(H,29,34). The van der Waals surface area contributed by atoms with E-state index in [1.807, 2.05) is 60.7 Å². The molecule has 0 aliphatic carbocycles. The van der Waals surface area contributed by atoms with E-state index in [0.717, 1.165) is 11.1 Å². The molecule has 8 nitrogen and oxygen atoms in total. The summed E-state index contributed by atoms with van der Waals surface area (Å²) in [4.78, 5) is 36.9. The monoisotopic (exact) mass is 468 g/mol. The van der Waals surface area contributed by atoms with Crippen LogP contribution in [0, 0.1) is 0 Å².